The van der Waals surface area contributed by atoms with Gasteiger partial charge in [-0.15, -0.1) is 0 Å². The van der Waals surface area contributed by atoms with Crippen molar-refractivity contribution in [3.05, 3.63) is 23.8 Å². The molecule has 1 aliphatic rings. The Morgan fingerprint density at radius 3 is 2.94 bits per heavy atom. The molecule has 0 fully saturated rings. The van der Waals surface area contributed by atoms with Gasteiger partial charge in [-0.2, -0.15) is 5.26 Å². The molecule has 1 N–H and O–H groups in total. The standard InChI is InChI=1S/C13H14N2O2/c1-13(2)12(16)15-10-6-5-9(4-3-7-14)8-11(10)17-13/h5-6,8H,3-4H2,1-2H3,(H,15,16). The van der Waals surface area contributed by atoms with E-state index in [0.29, 0.717) is 24.3 Å². The minimum atomic E-state index is -0.846. The largest absolute Gasteiger partial charge is 0.476 e. The van der Waals surface area contributed by atoms with Crippen LogP contribution in [0.5, 0.6) is 5.75 Å². The van der Waals surface area contributed by atoms with E-state index >= 15 is 0 Å². The van der Waals surface area contributed by atoms with E-state index < -0.39 is 5.60 Å². The summed E-state index contributed by atoms with van der Waals surface area (Å²) in [5.74, 6) is 0.528. The highest BCUT2D eigenvalue weighted by molar-refractivity contribution is 6.00. The highest BCUT2D eigenvalue weighted by atomic mass is 16.5. The van der Waals surface area contributed by atoms with Crippen LogP contribution in [-0.2, 0) is 11.2 Å². The van der Waals surface area contributed by atoms with E-state index in [2.05, 4.69) is 11.4 Å². The summed E-state index contributed by atoms with van der Waals surface area (Å²) in [6, 6.07) is 7.71. The van der Waals surface area contributed by atoms with Crippen molar-refractivity contribution in [2.24, 2.45) is 0 Å². The second-order valence-electron chi connectivity index (χ2n) is 4.56. The quantitative estimate of drug-likeness (QED) is 0.847. The summed E-state index contributed by atoms with van der Waals surface area (Å²) >= 11 is 0. The lowest BCUT2D eigenvalue weighted by atomic mass is 10.0. The molecule has 2 rings (SSSR count). The molecule has 1 aromatic rings. The van der Waals surface area contributed by atoms with Crippen LogP contribution >= 0.6 is 0 Å². The monoisotopic (exact) mass is 230 g/mol. The number of nitrogens with zero attached hydrogens (tertiary/aromatic N) is 1. The van der Waals surface area contributed by atoms with Gasteiger partial charge in [-0.25, -0.2) is 0 Å². The predicted octanol–water partition coefficient (Wildman–Crippen LogP) is 2.25. The summed E-state index contributed by atoms with van der Waals surface area (Å²) in [5.41, 5.74) is 0.883. The van der Waals surface area contributed by atoms with Crippen molar-refractivity contribution in [2.75, 3.05) is 5.32 Å². The van der Waals surface area contributed by atoms with Crippen LogP contribution < -0.4 is 10.1 Å². The molecule has 0 saturated carbocycles. The third kappa shape index (κ3) is 2.23. The molecule has 0 spiro atoms. The van der Waals surface area contributed by atoms with Gasteiger partial charge in [0.1, 0.15) is 5.75 Å². The van der Waals surface area contributed by atoms with Gasteiger partial charge in [0.2, 0.25) is 0 Å². The number of nitriles is 1. The van der Waals surface area contributed by atoms with Gasteiger partial charge >= 0.3 is 0 Å². The fourth-order valence-corrected chi connectivity index (χ4v) is 1.70. The average molecular weight is 230 g/mol. The minimum Gasteiger partial charge on any atom is -0.476 e. The van der Waals surface area contributed by atoms with Crippen LogP contribution in [0.4, 0.5) is 5.69 Å². The van der Waals surface area contributed by atoms with E-state index in [1.165, 1.54) is 0 Å². The molecule has 17 heavy (non-hydrogen) atoms. The number of carbonyl (C=O) groups excluding carboxylic acids is 1. The van der Waals surface area contributed by atoms with Gasteiger partial charge < -0.3 is 10.1 Å². The van der Waals surface area contributed by atoms with Crippen LogP contribution in [0.2, 0.25) is 0 Å². The third-order valence-corrected chi connectivity index (χ3v) is 2.73. The zero-order chi connectivity index (χ0) is 12.5. The Bertz CT molecular complexity index is 501. The van der Waals surface area contributed by atoms with Gasteiger partial charge in [0.05, 0.1) is 11.8 Å². The van der Waals surface area contributed by atoms with Crippen LogP contribution in [0.25, 0.3) is 0 Å². The summed E-state index contributed by atoms with van der Waals surface area (Å²) in [6.45, 7) is 3.46. The number of carbonyl (C=O) groups is 1. The molecule has 1 amide bonds. The first kappa shape index (κ1) is 11.5. The first-order valence-electron chi connectivity index (χ1n) is 5.53. The number of nitrogens with one attached hydrogen (secondary N) is 1. The lowest BCUT2D eigenvalue weighted by Gasteiger charge is -2.31. The summed E-state index contributed by atoms with van der Waals surface area (Å²) in [4.78, 5) is 11.7. The Morgan fingerprint density at radius 2 is 2.24 bits per heavy atom. The Balaban J connectivity index is 2.28. The first-order valence-corrected chi connectivity index (χ1v) is 5.53. The van der Waals surface area contributed by atoms with Crippen molar-refractivity contribution in [3.63, 3.8) is 0 Å². The van der Waals surface area contributed by atoms with Crippen molar-refractivity contribution < 1.29 is 9.53 Å². The van der Waals surface area contributed by atoms with Crippen molar-refractivity contribution in [1.82, 2.24) is 0 Å². The van der Waals surface area contributed by atoms with Crippen LogP contribution in [0, 0.1) is 11.3 Å². The van der Waals surface area contributed by atoms with Gasteiger partial charge in [0.15, 0.2) is 5.60 Å². The van der Waals surface area contributed by atoms with Crippen LogP contribution in [0.15, 0.2) is 18.2 Å². The van der Waals surface area contributed by atoms with Gasteiger partial charge in [-0.05, 0) is 38.0 Å². The molecule has 0 radical (unpaired) electrons. The summed E-state index contributed by atoms with van der Waals surface area (Å²) < 4.78 is 5.66. The van der Waals surface area contributed by atoms with E-state index in [4.69, 9.17) is 10.00 Å². The molecule has 4 heteroatoms. The summed E-state index contributed by atoms with van der Waals surface area (Å²) in [5, 5.41) is 11.4. The average Bonchev–Trinajstić information content (AvgIpc) is 2.27. The molecule has 0 bridgehead atoms. The maximum absolute atomic E-state index is 11.7. The maximum atomic E-state index is 11.7. The number of ether oxygens (including phenoxy) is 1. The number of hydrogen-bond donors (Lipinski definition) is 1. The van der Waals surface area contributed by atoms with Crippen molar-refractivity contribution >= 4 is 11.6 Å². The van der Waals surface area contributed by atoms with Crippen molar-refractivity contribution in [1.29, 1.82) is 5.26 Å². The zero-order valence-corrected chi connectivity index (χ0v) is 9.91. The lowest BCUT2D eigenvalue weighted by Crippen LogP contribution is -2.45. The third-order valence-electron chi connectivity index (χ3n) is 2.73. The van der Waals surface area contributed by atoms with Crippen LogP contribution in [0.1, 0.15) is 25.8 Å². The van der Waals surface area contributed by atoms with Gasteiger partial charge in [0, 0.05) is 6.42 Å². The predicted molar refractivity (Wildman–Crippen MR) is 63.7 cm³/mol. The molecule has 1 aliphatic heterocycles. The number of benzene rings is 1. The number of hydrogen-bond acceptors (Lipinski definition) is 3. The van der Waals surface area contributed by atoms with Crippen LogP contribution in [0.3, 0.4) is 0 Å². The van der Waals surface area contributed by atoms with Crippen LogP contribution in [-0.4, -0.2) is 11.5 Å². The smallest absolute Gasteiger partial charge is 0.268 e. The Kier molecular flexibility index (Phi) is 2.76. The fraction of sp³-hybridized carbons (Fsp3) is 0.385. The Hall–Kier alpha value is -2.02. The molecular weight excluding hydrogens is 216 g/mol. The first-order chi connectivity index (χ1) is 8.03. The second kappa shape index (κ2) is 4.10. The van der Waals surface area contributed by atoms with E-state index in [1.807, 2.05) is 18.2 Å². The fourth-order valence-electron chi connectivity index (χ4n) is 1.70. The normalized spacial score (nSPS) is 16.4. The molecule has 0 saturated heterocycles. The number of amides is 1. The van der Waals surface area contributed by atoms with E-state index in [-0.39, 0.29) is 5.91 Å². The van der Waals surface area contributed by atoms with Crippen molar-refractivity contribution in [2.45, 2.75) is 32.3 Å². The minimum absolute atomic E-state index is 0.144. The van der Waals surface area contributed by atoms with Gasteiger partial charge in [-0.1, -0.05) is 6.07 Å². The second-order valence-corrected chi connectivity index (χ2v) is 4.56. The molecule has 0 unspecified atom stereocenters. The molecule has 1 aromatic carbocycles. The molecule has 1 heterocycles. The topological polar surface area (TPSA) is 62.1 Å². The highest BCUT2D eigenvalue weighted by Crippen LogP contribution is 2.34. The molecule has 0 aliphatic carbocycles. The molecule has 88 valence electrons. The molecule has 0 atom stereocenters. The molecule has 4 nitrogen and oxygen atoms in total. The highest BCUT2D eigenvalue weighted by Gasteiger charge is 2.35. The number of anilines is 1. The summed E-state index contributed by atoms with van der Waals surface area (Å²) in [6.07, 6.45) is 1.18. The van der Waals surface area contributed by atoms with E-state index in [1.54, 1.807) is 13.8 Å². The Morgan fingerprint density at radius 1 is 1.47 bits per heavy atom. The number of aryl methyl sites for hydroxylation is 1. The maximum Gasteiger partial charge on any atom is 0.268 e. The SMILES string of the molecule is CC1(C)Oc2cc(CCC#N)ccc2NC1=O. The van der Waals surface area contributed by atoms with Gasteiger partial charge in [-0.3, -0.25) is 4.79 Å². The number of rotatable bonds is 2. The lowest BCUT2D eigenvalue weighted by molar-refractivity contribution is -0.129. The molecule has 0 aromatic heterocycles. The Labute approximate surface area is 100 Å². The van der Waals surface area contributed by atoms with Gasteiger partial charge in [0.25, 0.3) is 5.91 Å². The zero-order valence-electron chi connectivity index (χ0n) is 9.91. The summed E-state index contributed by atoms with van der Waals surface area (Å²) in [7, 11) is 0. The molecular formula is C13H14N2O2. The number of fused-ring (bicyclic) bond motifs is 1. The van der Waals surface area contributed by atoms with Crippen molar-refractivity contribution in [3.8, 4) is 11.8 Å². The van der Waals surface area contributed by atoms with E-state index in [0.717, 1.165) is 5.56 Å². The van der Waals surface area contributed by atoms with E-state index in [9.17, 15) is 4.79 Å².